The van der Waals surface area contributed by atoms with E-state index in [0.717, 1.165) is 18.5 Å². The van der Waals surface area contributed by atoms with Gasteiger partial charge in [0.05, 0.1) is 0 Å². The first-order valence-electron chi connectivity index (χ1n) is 6.08. The predicted octanol–water partition coefficient (Wildman–Crippen LogP) is 3.72. The molecule has 1 nitrogen and oxygen atoms in total. The molecule has 84 valence electrons. The first kappa shape index (κ1) is 11.2. The summed E-state index contributed by atoms with van der Waals surface area (Å²) >= 11 is 1.92. The van der Waals surface area contributed by atoms with E-state index < -0.39 is 0 Å². The molecule has 0 radical (unpaired) electrons. The van der Waals surface area contributed by atoms with Crippen LogP contribution >= 0.6 is 11.3 Å². The van der Waals surface area contributed by atoms with E-state index in [1.165, 1.54) is 35.4 Å². The van der Waals surface area contributed by atoms with Crippen molar-refractivity contribution < 1.29 is 0 Å². The third kappa shape index (κ3) is 3.32. The van der Waals surface area contributed by atoms with Crippen LogP contribution in [0.15, 0.2) is 12.1 Å². The Morgan fingerprint density at radius 1 is 1.47 bits per heavy atom. The largest absolute Gasteiger partial charge is 0.309 e. The molecule has 2 rings (SSSR count). The fourth-order valence-corrected chi connectivity index (χ4v) is 2.97. The highest BCUT2D eigenvalue weighted by atomic mass is 32.1. The molecule has 1 aliphatic carbocycles. The van der Waals surface area contributed by atoms with E-state index in [2.05, 4.69) is 31.3 Å². The molecule has 0 spiro atoms. The Morgan fingerprint density at radius 3 is 2.80 bits per heavy atom. The number of aryl methyl sites for hydroxylation is 1. The van der Waals surface area contributed by atoms with Crippen LogP contribution in [0.4, 0.5) is 0 Å². The summed E-state index contributed by atoms with van der Waals surface area (Å²) in [4.78, 5) is 2.90. The summed E-state index contributed by atoms with van der Waals surface area (Å²) in [6, 6.07) is 5.24. The van der Waals surface area contributed by atoms with Gasteiger partial charge in [-0.25, -0.2) is 0 Å². The van der Waals surface area contributed by atoms with Crippen molar-refractivity contribution in [2.24, 2.45) is 5.92 Å². The average Bonchev–Trinajstić information content (AvgIpc) is 2.97. The molecule has 0 aliphatic heterocycles. The van der Waals surface area contributed by atoms with Crippen molar-refractivity contribution in [1.82, 2.24) is 5.32 Å². The first-order chi connectivity index (χ1) is 7.29. The van der Waals surface area contributed by atoms with Crippen LogP contribution in [0.2, 0.25) is 0 Å². The highest BCUT2D eigenvalue weighted by Crippen LogP contribution is 2.34. The highest BCUT2D eigenvalue weighted by Gasteiger charge is 2.29. The van der Waals surface area contributed by atoms with E-state index >= 15 is 0 Å². The molecule has 1 atom stereocenters. The van der Waals surface area contributed by atoms with Crippen molar-refractivity contribution in [2.75, 3.05) is 0 Å². The van der Waals surface area contributed by atoms with Gasteiger partial charge in [-0.3, -0.25) is 0 Å². The van der Waals surface area contributed by atoms with Crippen molar-refractivity contribution >= 4 is 11.3 Å². The second kappa shape index (κ2) is 5.13. The van der Waals surface area contributed by atoms with Gasteiger partial charge in [-0.2, -0.15) is 0 Å². The van der Waals surface area contributed by atoms with Gasteiger partial charge in [0.2, 0.25) is 0 Å². The fraction of sp³-hybridized carbons (Fsp3) is 0.692. The Labute approximate surface area is 96.9 Å². The molecule has 1 fully saturated rings. The highest BCUT2D eigenvalue weighted by molar-refractivity contribution is 7.11. The summed E-state index contributed by atoms with van der Waals surface area (Å²) < 4.78 is 0. The molecule has 0 saturated heterocycles. The minimum Gasteiger partial charge on any atom is -0.309 e. The lowest BCUT2D eigenvalue weighted by Crippen LogP contribution is -2.30. The van der Waals surface area contributed by atoms with E-state index in [0.29, 0.717) is 0 Å². The van der Waals surface area contributed by atoms with Crippen LogP contribution in [-0.4, -0.2) is 6.04 Å². The maximum Gasteiger partial charge on any atom is 0.0302 e. The molecule has 1 aromatic rings. The Balaban J connectivity index is 1.79. The van der Waals surface area contributed by atoms with Crippen molar-refractivity contribution in [3.8, 4) is 0 Å². The third-order valence-electron chi connectivity index (χ3n) is 3.13. The second-order valence-electron chi connectivity index (χ2n) is 4.63. The summed E-state index contributed by atoms with van der Waals surface area (Å²) in [5.41, 5.74) is 0. The molecule has 1 unspecified atom stereocenters. The zero-order valence-corrected chi connectivity index (χ0v) is 10.6. The van der Waals surface area contributed by atoms with Gasteiger partial charge in [0.25, 0.3) is 0 Å². The number of hydrogen-bond donors (Lipinski definition) is 1. The van der Waals surface area contributed by atoms with Crippen LogP contribution in [0.1, 0.15) is 42.4 Å². The SMILES string of the molecule is CCCC(NCc1ccc(C)s1)C1CC1. The summed E-state index contributed by atoms with van der Waals surface area (Å²) in [6.45, 7) is 5.53. The number of hydrogen-bond acceptors (Lipinski definition) is 2. The zero-order chi connectivity index (χ0) is 10.7. The topological polar surface area (TPSA) is 12.0 Å². The first-order valence-corrected chi connectivity index (χ1v) is 6.90. The summed E-state index contributed by atoms with van der Waals surface area (Å²) in [5.74, 6) is 0.978. The van der Waals surface area contributed by atoms with Crippen LogP contribution in [0.5, 0.6) is 0 Å². The lowest BCUT2D eigenvalue weighted by atomic mass is 10.1. The van der Waals surface area contributed by atoms with Crippen LogP contribution in [-0.2, 0) is 6.54 Å². The van der Waals surface area contributed by atoms with Gasteiger partial charge >= 0.3 is 0 Å². The molecular formula is C13H21NS. The van der Waals surface area contributed by atoms with E-state index in [9.17, 15) is 0 Å². The molecule has 2 heteroatoms. The predicted molar refractivity (Wildman–Crippen MR) is 67.3 cm³/mol. The monoisotopic (exact) mass is 223 g/mol. The molecule has 1 aliphatic rings. The van der Waals surface area contributed by atoms with E-state index in [-0.39, 0.29) is 0 Å². The molecule has 15 heavy (non-hydrogen) atoms. The number of rotatable bonds is 6. The van der Waals surface area contributed by atoms with Crippen LogP contribution < -0.4 is 5.32 Å². The average molecular weight is 223 g/mol. The Bertz CT molecular complexity index is 301. The van der Waals surface area contributed by atoms with E-state index in [1.807, 2.05) is 11.3 Å². The van der Waals surface area contributed by atoms with Gasteiger partial charge < -0.3 is 5.32 Å². The van der Waals surface area contributed by atoms with Gasteiger partial charge in [0.1, 0.15) is 0 Å². The Kier molecular flexibility index (Phi) is 3.81. The van der Waals surface area contributed by atoms with Gasteiger partial charge in [-0.15, -0.1) is 11.3 Å². The third-order valence-corrected chi connectivity index (χ3v) is 4.13. The van der Waals surface area contributed by atoms with Crippen LogP contribution in [0.3, 0.4) is 0 Å². The molecular weight excluding hydrogens is 202 g/mol. The van der Waals surface area contributed by atoms with Gasteiger partial charge in [0.15, 0.2) is 0 Å². The quantitative estimate of drug-likeness (QED) is 0.775. The normalized spacial score (nSPS) is 18.0. The Hall–Kier alpha value is -0.340. The van der Waals surface area contributed by atoms with Gasteiger partial charge in [0, 0.05) is 22.3 Å². The summed E-state index contributed by atoms with van der Waals surface area (Å²) in [5, 5.41) is 3.72. The standard InChI is InChI=1S/C13H21NS/c1-3-4-13(11-6-7-11)14-9-12-8-5-10(2)15-12/h5,8,11,13-14H,3-4,6-7,9H2,1-2H3. The summed E-state index contributed by atoms with van der Waals surface area (Å²) in [7, 11) is 0. The fourth-order valence-electron chi connectivity index (χ4n) is 2.13. The van der Waals surface area contributed by atoms with Gasteiger partial charge in [-0.05, 0) is 44.2 Å². The molecule has 0 bridgehead atoms. The lowest BCUT2D eigenvalue weighted by molar-refractivity contribution is 0.431. The minimum atomic E-state index is 0.775. The maximum atomic E-state index is 3.72. The van der Waals surface area contributed by atoms with E-state index in [1.54, 1.807) is 0 Å². The molecule has 1 heterocycles. The smallest absolute Gasteiger partial charge is 0.0302 e. The van der Waals surface area contributed by atoms with Crippen LogP contribution in [0.25, 0.3) is 0 Å². The maximum absolute atomic E-state index is 3.72. The molecule has 1 saturated carbocycles. The summed E-state index contributed by atoms with van der Waals surface area (Å²) in [6.07, 6.45) is 5.54. The van der Waals surface area contributed by atoms with Gasteiger partial charge in [-0.1, -0.05) is 13.3 Å². The minimum absolute atomic E-state index is 0.775. The molecule has 1 N–H and O–H groups in total. The van der Waals surface area contributed by atoms with Crippen molar-refractivity contribution in [3.05, 3.63) is 21.9 Å². The number of nitrogens with one attached hydrogen (secondary N) is 1. The van der Waals surface area contributed by atoms with Crippen molar-refractivity contribution in [2.45, 2.75) is 52.1 Å². The molecule has 0 amide bonds. The zero-order valence-electron chi connectivity index (χ0n) is 9.75. The van der Waals surface area contributed by atoms with Crippen molar-refractivity contribution in [3.63, 3.8) is 0 Å². The van der Waals surface area contributed by atoms with Crippen LogP contribution in [0, 0.1) is 12.8 Å². The molecule has 0 aromatic carbocycles. The number of thiophene rings is 1. The lowest BCUT2D eigenvalue weighted by Gasteiger charge is -2.16. The second-order valence-corrected chi connectivity index (χ2v) is 6.00. The Morgan fingerprint density at radius 2 is 2.27 bits per heavy atom. The molecule has 1 aromatic heterocycles. The van der Waals surface area contributed by atoms with E-state index in [4.69, 9.17) is 0 Å². The van der Waals surface area contributed by atoms with Crippen molar-refractivity contribution in [1.29, 1.82) is 0 Å².